The van der Waals surface area contributed by atoms with Crippen LogP contribution in [0.3, 0.4) is 0 Å². The molecule has 2 aromatic heterocycles. The van der Waals surface area contributed by atoms with E-state index in [1.165, 1.54) is 17.4 Å². The van der Waals surface area contributed by atoms with Gasteiger partial charge in [0, 0.05) is 17.7 Å². The van der Waals surface area contributed by atoms with Crippen molar-refractivity contribution < 1.29 is 9.90 Å². The third-order valence-corrected chi connectivity index (χ3v) is 4.24. The summed E-state index contributed by atoms with van der Waals surface area (Å²) < 4.78 is 1.82. The molecule has 0 bridgehead atoms. The Kier molecular flexibility index (Phi) is 4.47. The quantitative estimate of drug-likeness (QED) is 0.833. The smallest absolute Gasteiger partial charge is 0.244 e. The zero-order chi connectivity index (χ0) is 14.8. The Balaban J connectivity index is 2.15. The van der Waals surface area contributed by atoms with Gasteiger partial charge in [-0.25, -0.2) is 4.98 Å². The Labute approximate surface area is 125 Å². The minimum absolute atomic E-state index is 0.106. The van der Waals surface area contributed by atoms with Gasteiger partial charge < -0.3 is 10.4 Å². The summed E-state index contributed by atoms with van der Waals surface area (Å²) in [6, 6.07) is 0. The first-order chi connectivity index (χ1) is 9.49. The summed E-state index contributed by atoms with van der Waals surface area (Å²) in [4.78, 5) is 16.8. The fraction of sp³-hybridized carbons (Fsp3) is 0.385. The Morgan fingerprint density at radius 2 is 2.45 bits per heavy atom. The maximum Gasteiger partial charge on any atom is 0.244 e. The van der Waals surface area contributed by atoms with E-state index in [0.29, 0.717) is 17.3 Å². The molecule has 0 aliphatic rings. The zero-order valence-corrected chi connectivity index (χ0v) is 12.8. The number of aliphatic hydroxyl groups excluding tert-OH is 1. The number of amides is 1. The number of imidazole rings is 1. The van der Waals surface area contributed by atoms with Crippen molar-refractivity contribution in [1.82, 2.24) is 14.7 Å². The monoisotopic (exact) mass is 313 g/mol. The van der Waals surface area contributed by atoms with Gasteiger partial charge in [-0.15, -0.1) is 11.3 Å². The van der Waals surface area contributed by atoms with Crippen molar-refractivity contribution in [3.63, 3.8) is 0 Å². The predicted molar refractivity (Wildman–Crippen MR) is 81.0 cm³/mol. The van der Waals surface area contributed by atoms with Crippen LogP contribution in [-0.2, 0) is 4.79 Å². The molecule has 5 nitrogen and oxygen atoms in total. The van der Waals surface area contributed by atoms with Crippen LogP contribution in [0.4, 0.5) is 0 Å². The number of halogens is 1. The lowest BCUT2D eigenvalue weighted by Crippen LogP contribution is -2.47. The van der Waals surface area contributed by atoms with Gasteiger partial charge in [0.2, 0.25) is 5.91 Å². The SMILES string of the molecule is CCC(C)(CO)NC(=O)C=Cc1c(Cl)nc2sccn12. The molecule has 0 radical (unpaired) electrons. The number of nitrogens with one attached hydrogen (secondary N) is 1. The van der Waals surface area contributed by atoms with Crippen molar-refractivity contribution in [2.75, 3.05) is 6.61 Å². The Hall–Kier alpha value is -1.37. The highest BCUT2D eigenvalue weighted by Gasteiger charge is 2.22. The maximum absolute atomic E-state index is 11.9. The van der Waals surface area contributed by atoms with Crippen LogP contribution in [0.5, 0.6) is 0 Å². The molecule has 2 heterocycles. The van der Waals surface area contributed by atoms with E-state index >= 15 is 0 Å². The van der Waals surface area contributed by atoms with Crippen LogP contribution in [0.2, 0.25) is 5.15 Å². The van der Waals surface area contributed by atoms with Gasteiger partial charge in [-0.3, -0.25) is 9.20 Å². The third kappa shape index (κ3) is 3.03. The molecule has 0 aliphatic heterocycles. The Morgan fingerprint density at radius 3 is 3.10 bits per heavy atom. The highest BCUT2D eigenvalue weighted by Crippen LogP contribution is 2.22. The van der Waals surface area contributed by atoms with Crippen LogP contribution in [0.15, 0.2) is 17.7 Å². The summed E-state index contributed by atoms with van der Waals surface area (Å²) in [6.45, 7) is 3.59. The Bertz CT molecular complexity index is 643. The number of hydrogen-bond acceptors (Lipinski definition) is 4. The molecular weight excluding hydrogens is 298 g/mol. The van der Waals surface area contributed by atoms with Crippen molar-refractivity contribution in [1.29, 1.82) is 0 Å². The molecule has 0 aromatic carbocycles. The lowest BCUT2D eigenvalue weighted by Gasteiger charge is -2.26. The number of carbonyl (C=O) groups is 1. The molecule has 1 atom stereocenters. The number of hydrogen-bond donors (Lipinski definition) is 2. The van der Waals surface area contributed by atoms with Crippen molar-refractivity contribution in [3.8, 4) is 0 Å². The second-order valence-corrected chi connectivity index (χ2v) is 5.97. The fourth-order valence-corrected chi connectivity index (χ4v) is 2.66. The van der Waals surface area contributed by atoms with Gasteiger partial charge in [0.15, 0.2) is 10.1 Å². The maximum atomic E-state index is 11.9. The van der Waals surface area contributed by atoms with E-state index in [2.05, 4.69) is 10.3 Å². The molecule has 2 N–H and O–H groups in total. The predicted octanol–water partition coefficient (Wildman–Crippen LogP) is 2.34. The number of nitrogens with zero attached hydrogens (tertiary/aromatic N) is 2. The number of aromatic nitrogens is 2. The summed E-state index contributed by atoms with van der Waals surface area (Å²) in [5, 5.41) is 14.3. The standard InChI is InChI=1S/C13H16ClN3O2S/c1-3-13(2,8-18)16-10(19)5-4-9-11(14)15-12-17(9)6-7-20-12/h4-7,18H,3,8H2,1-2H3,(H,16,19). The minimum Gasteiger partial charge on any atom is -0.394 e. The zero-order valence-electron chi connectivity index (χ0n) is 11.3. The topological polar surface area (TPSA) is 66.6 Å². The van der Waals surface area contributed by atoms with Crippen LogP contribution in [-0.4, -0.2) is 32.5 Å². The molecule has 0 saturated heterocycles. The number of aliphatic hydroxyl groups is 1. The molecule has 0 spiro atoms. The van der Waals surface area contributed by atoms with Gasteiger partial charge in [0.1, 0.15) is 0 Å². The molecule has 1 unspecified atom stereocenters. The normalized spacial score (nSPS) is 14.8. The molecule has 20 heavy (non-hydrogen) atoms. The molecule has 2 rings (SSSR count). The van der Waals surface area contributed by atoms with E-state index in [1.54, 1.807) is 13.0 Å². The molecule has 0 fully saturated rings. The first-order valence-corrected chi connectivity index (χ1v) is 7.47. The second kappa shape index (κ2) is 5.95. The van der Waals surface area contributed by atoms with Crippen molar-refractivity contribution in [2.24, 2.45) is 0 Å². The lowest BCUT2D eigenvalue weighted by molar-refractivity contribution is -0.118. The molecule has 2 aromatic rings. The number of carbonyl (C=O) groups excluding carboxylic acids is 1. The molecule has 0 saturated carbocycles. The van der Waals surface area contributed by atoms with E-state index < -0.39 is 5.54 Å². The number of thiazole rings is 1. The largest absolute Gasteiger partial charge is 0.394 e. The van der Waals surface area contributed by atoms with Crippen molar-refractivity contribution in [3.05, 3.63) is 28.5 Å². The second-order valence-electron chi connectivity index (χ2n) is 4.74. The van der Waals surface area contributed by atoms with E-state index in [9.17, 15) is 9.90 Å². The van der Waals surface area contributed by atoms with Crippen molar-refractivity contribution in [2.45, 2.75) is 25.8 Å². The average molecular weight is 314 g/mol. The lowest BCUT2D eigenvalue weighted by atomic mass is 10.0. The van der Waals surface area contributed by atoms with Crippen LogP contribution in [0, 0.1) is 0 Å². The van der Waals surface area contributed by atoms with Gasteiger partial charge in [-0.05, 0) is 19.4 Å². The van der Waals surface area contributed by atoms with Crippen LogP contribution in [0.25, 0.3) is 11.0 Å². The third-order valence-electron chi connectivity index (χ3n) is 3.20. The molecule has 7 heteroatoms. The van der Waals surface area contributed by atoms with E-state index in [4.69, 9.17) is 11.6 Å². The summed E-state index contributed by atoms with van der Waals surface area (Å²) in [7, 11) is 0. The van der Waals surface area contributed by atoms with Gasteiger partial charge >= 0.3 is 0 Å². The number of rotatable bonds is 5. The van der Waals surface area contributed by atoms with Gasteiger partial charge in [-0.1, -0.05) is 18.5 Å². The first-order valence-electron chi connectivity index (χ1n) is 6.21. The molecule has 0 aliphatic carbocycles. The molecule has 1 amide bonds. The highest BCUT2D eigenvalue weighted by atomic mass is 35.5. The fourth-order valence-electron chi connectivity index (χ4n) is 1.66. The first kappa shape index (κ1) is 15.0. The van der Waals surface area contributed by atoms with E-state index in [0.717, 1.165) is 4.96 Å². The highest BCUT2D eigenvalue weighted by molar-refractivity contribution is 7.15. The molecule has 108 valence electrons. The summed E-state index contributed by atoms with van der Waals surface area (Å²) in [5.41, 5.74) is 0.0561. The molecular formula is C13H16ClN3O2S. The van der Waals surface area contributed by atoms with Crippen molar-refractivity contribution >= 4 is 39.9 Å². The van der Waals surface area contributed by atoms with Crippen LogP contribution < -0.4 is 5.32 Å². The summed E-state index contributed by atoms with van der Waals surface area (Å²) in [5.74, 6) is -0.273. The Morgan fingerprint density at radius 1 is 1.70 bits per heavy atom. The van der Waals surface area contributed by atoms with Crippen LogP contribution in [0.1, 0.15) is 26.0 Å². The van der Waals surface area contributed by atoms with E-state index in [-0.39, 0.29) is 12.5 Å². The van der Waals surface area contributed by atoms with Crippen LogP contribution >= 0.6 is 22.9 Å². The van der Waals surface area contributed by atoms with Gasteiger partial charge in [0.25, 0.3) is 0 Å². The van der Waals surface area contributed by atoms with Gasteiger partial charge in [0.05, 0.1) is 17.8 Å². The average Bonchev–Trinajstić information content (AvgIpc) is 2.97. The summed E-state index contributed by atoms with van der Waals surface area (Å²) >= 11 is 7.51. The number of fused-ring (bicyclic) bond motifs is 1. The van der Waals surface area contributed by atoms with Gasteiger partial charge in [-0.2, -0.15) is 0 Å². The minimum atomic E-state index is -0.611. The van der Waals surface area contributed by atoms with E-state index in [1.807, 2.05) is 22.9 Å². The summed E-state index contributed by atoms with van der Waals surface area (Å²) in [6.07, 6.45) is 5.51.